The predicted molar refractivity (Wildman–Crippen MR) is 103 cm³/mol. The number of rotatable bonds is 4. The molecule has 0 atom stereocenters. The van der Waals surface area contributed by atoms with Gasteiger partial charge in [-0.3, -0.25) is 9.59 Å². The summed E-state index contributed by atoms with van der Waals surface area (Å²) in [5, 5.41) is 0. The lowest BCUT2D eigenvalue weighted by Crippen LogP contribution is -2.20. The van der Waals surface area contributed by atoms with Crippen LogP contribution < -0.4 is 19.5 Å². The van der Waals surface area contributed by atoms with Gasteiger partial charge in [0, 0.05) is 18.9 Å². The van der Waals surface area contributed by atoms with E-state index in [0.29, 0.717) is 15.8 Å². The van der Waals surface area contributed by atoms with E-state index in [1.165, 1.54) is 29.5 Å². The molecule has 4 nitrogen and oxygen atoms in total. The number of H-pyrrole nitrogens is 1. The van der Waals surface area contributed by atoms with Crippen LogP contribution in [0.1, 0.15) is 16.7 Å². The van der Waals surface area contributed by atoms with Crippen LogP contribution in [-0.4, -0.2) is 17.4 Å². The lowest BCUT2D eigenvalue weighted by Gasteiger charge is -1.98. The van der Waals surface area contributed by atoms with Crippen molar-refractivity contribution in [2.45, 2.75) is 12.8 Å². The number of hydrogen-bond acceptors (Lipinski definition) is 4. The Morgan fingerprint density at radius 3 is 2.85 bits per heavy atom. The van der Waals surface area contributed by atoms with E-state index in [1.54, 1.807) is 12.1 Å². The third-order valence-electron chi connectivity index (χ3n) is 4.28. The number of nitrogens with one attached hydrogen (secondary N) is 1. The van der Waals surface area contributed by atoms with Crippen molar-refractivity contribution in [1.29, 1.82) is 0 Å². The number of hydrogen-bond donors (Lipinski definition) is 1. The second-order valence-electron chi connectivity index (χ2n) is 6.31. The van der Waals surface area contributed by atoms with Gasteiger partial charge in [0.15, 0.2) is 5.78 Å². The van der Waals surface area contributed by atoms with Crippen LogP contribution in [0.15, 0.2) is 47.3 Å². The highest BCUT2D eigenvalue weighted by molar-refractivity contribution is 7.07. The van der Waals surface area contributed by atoms with Crippen LogP contribution in [0.2, 0.25) is 0 Å². The van der Waals surface area contributed by atoms with E-state index >= 15 is 0 Å². The number of carbonyl (C=O) groups excluding carboxylic acids is 1. The van der Waals surface area contributed by atoms with Gasteiger partial charge in [-0.2, -0.15) is 0 Å². The normalized spacial score (nSPS) is 14.3. The molecule has 0 amide bonds. The molecule has 0 spiro atoms. The fraction of sp³-hybridized carbons (Fsp3) is 0.143. The van der Waals surface area contributed by atoms with Crippen molar-refractivity contribution in [2.75, 3.05) is 6.61 Å². The molecule has 6 heteroatoms. The summed E-state index contributed by atoms with van der Waals surface area (Å²) in [5.41, 5.74) is 2.56. The van der Waals surface area contributed by atoms with Gasteiger partial charge in [-0.1, -0.05) is 18.2 Å². The first-order chi connectivity index (χ1) is 13.1. The Kier molecular flexibility index (Phi) is 4.73. The predicted octanol–water partition coefficient (Wildman–Crippen LogP) is 1.93. The Hall–Kier alpha value is -2.99. The van der Waals surface area contributed by atoms with Gasteiger partial charge in [-0.25, -0.2) is 4.39 Å². The smallest absolute Gasteiger partial charge is 0.266 e. The number of aromatic nitrogens is 1. The molecule has 1 N–H and O–H groups in total. The number of fused-ring (bicyclic) bond motifs is 1. The van der Waals surface area contributed by atoms with Crippen molar-refractivity contribution < 1.29 is 13.9 Å². The molecule has 3 aromatic rings. The molecule has 0 unspecified atom stereocenters. The number of benzene rings is 2. The first-order valence-electron chi connectivity index (χ1n) is 8.52. The largest absolute Gasteiger partial charge is 0.493 e. The second kappa shape index (κ2) is 7.32. The Balaban J connectivity index is 1.59. The number of ether oxygens (including phenoxy) is 1. The third-order valence-corrected chi connectivity index (χ3v) is 5.24. The molecule has 2 aromatic carbocycles. The summed E-state index contributed by atoms with van der Waals surface area (Å²) in [6, 6.07) is 11.6. The summed E-state index contributed by atoms with van der Waals surface area (Å²) in [6.07, 6.45) is 4.26. The van der Waals surface area contributed by atoms with Gasteiger partial charge in [0.2, 0.25) is 0 Å². The first-order valence-corrected chi connectivity index (χ1v) is 9.34. The molecule has 1 aromatic heterocycles. The van der Waals surface area contributed by atoms with E-state index in [-0.39, 0.29) is 23.6 Å². The number of ketones is 1. The maximum atomic E-state index is 12.9. The Morgan fingerprint density at radius 2 is 2.04 bits per heavy atom. The summed E-state index contributed by atoms with van der Waals surface area (Å²) in [6.45, 7) is 0.688. The van der Waals surface area contributed by atoms with Gasteiger partial charge >= 0.3 is 0 Å². The summed E-state index contributed by atoms with van der Waals surface area (Å²) in [5.74, 6) is 0.407. The fourth-order valence-corrected chi connectivity index (χ4v) is 3.88. The van der Waals surface area contributed by atoms with Crippen LogP contribution in [0.5, 0.6) is 5.75 Å². The molecule has 0 fully saturated rings. The van der Waals surface area contributed by atoms with E-state index in [4.69, 9.17) is 4.74 Å². The van der Waals surface area contributed by atoms with Gasteiger partial charge < -0.3 is 9.72 Å². The summed E-state index contributed by atoms with van der Waals surface area (Å²) < 4.78 is 19.5. The van der Waals surface area contributed by atoms with Crippen molar-refractivity contribution in [1.82, 2.24) is 4.98 Å². The van der Waals surface area contributed by atoms with E-state index in [9.17, 15) is 14.0 Å². The van der Waals surface area contributed by atoms with Crippen LogP contribution in [0.3, 0.4) is 0 Å². The highest BCUT2D eigenvalue weighted by atomic mass is 32.1. The minimum atomic E-state index is -0.337. The fourth-order valence-electron chi connectivity index (χ4n) is 2.97. The second-order valence-corrected chi connectivity index (χ2v) is 7.39. The quantitative estimate of drug-likeness (QED) is 0.751. The lowest BCUT2D eigenvalue weighted by atomic mass is 10.1. The summed E-state index contributed by atoms with van der Waals surface area (Å²) in [4.78, 5) is 27.1. The van der Waals surface area contributed by atoms with Crippen molar-refractivity contribution in [3.63, 3.8) is 0 Å². The number of halogens is 1. The number of carbonyl (C=O) groups is 1. The van der Waals surface area contributed by atoms with E-state index < -0.39 is 0 Å². The molecule has 0 bridgehead atoms. The summed E-state index contributed by atoms with van der Waals surface area (Å²) >= 11 is 1.24. The monoisotopic (exact) mass is 381 g/mol. The molecule has 27 heavy (non-hydrogen) atoms. The van der Waals surface area contributed by atoms with Crippen LogP contribution >= 0.6 is 11.3 Å². The Labute approximate surface area is 158 Å². The highest BCUT2D eigenvalue weighted by Gasteiger charge is 2.11. The molecular formula is C21H16FNO3S. The van der Waals surface area contributed by atoms with E-state index in [2.05, 4.69) is 4.98 Å². The zero-order valence-electron chi connectivity index (χ0n) is 14.3. The van der Waals surface area contributed by atoms with Crippen molar-refractivity contribution >= 4 is 29.3 Å². The van der Waals surface area contributed by atoms with Crippen LogP contribution in [-0.2, 0) is 17.6 Å². The molecular weight excluding hydrogens is 365 g/mol. The van der Waals surface area contributed by atoms with Crippen LogP contribution in [0.4, 0.5) is 4.39 Å². The topological polar surface area (TPSA) is 59.2 Å². The maximum Gasteiger partial charge on any atom is 0.266 e. The molecule has 0 aliphatic carbocycles. The standard InChI is InChI=1S/C21H16FNO3S/c22-16-4-1-13(2-5-16)10-17(24)12-20-23-21(25)19(27-20)11-14-3-6-18-15(9-14)7-8-26-18/h1-6,9,11-12H,7-8,10H2,(H,23,25)/b19-11-,20-12+. The van der Waals surface area contributed by atoms with Gasteiger partial charge in [-0.05, 0) is 47.0 Å². The van der Waals surface area contributed by atoms with Crippen LogP contribution in [0.25, 0.3) is 12.2 Å². The minimum Gasteiger partial charge on any atom is -0.493 e. The third kappa shape index (κ3) is 4.06. The van der Waals surface area contributed by atoms with Gasteiger partial charge in [0.1, 0.15) is 11.6 Å². The van der Waals surface area contributed by atoms with Crippen molar-refractivity contribution in [3.05, 3.63) is 84.5 Å². The summed E-state index contributed by atoms with van der Waals surface area (Å²) in [7, 11) is 0. The molecule has 0 saturated heterocycles. The molecule has 0 radical (unpaired) electrons. The highest BCUT2D eigenvalue weighted by Crippen LogP contribution is 2.25. The molecule has 4 rings (SSSR count). The maximum absolute atomic E-state index is 12.9. The van der Waals surface area contributed by atoms with Gasteiger partial charge in [0.25, 0.3) is 5.56 Å². The van der Waals surface area contributed by atoms with Gasteiger partial charge in [-0.15, -0.1) is 11.3 Å². The SMILES string of the molecule is O=C(/C=c1\[nH]c(=O)/c(=C/c2ccc3c(c2)CCO3)s1)Cc1ccc(F)cc1. The van der Waals surface area contributed by atoms with Crippen molar-refractivity contribution in [3.8, 4) is 5.75 Å². The average molecular weight is 381 g/mol. The molecule has 1 aliphatic heterocycles. The number of aromatic amines is 1. The van der Waals surface area contributed by atoms with E-state index in [1.807, 2.05) is 24.3 Å². The minimum absolute atomic E-state index is 0.152. The number of thiazole rings is 1. The number of Topliss-reactive ketones (excluding diaryl/α,β-unsaturated/α-hetero) is 1. The zero-order valence-corrected chi connectivity index (χ0v) is 15.1. The Morgan fingerprint density at radius 1 is 1.22 bits per heavy atom. The zero-order chi connectivity index (χ0) is 18.8. The average Bonchev–Trinajstić information content (AvgIpc) is 3.23. The Bertz CT molecular complexity index is 1180. The first kappa shape index (κ1) is 17.4. The van der Waals surface area contributed by atoms with E-state index in [0.717, 1.165) is 28.9 Å². The molecule has 2 heterocycles. The molecule has 1 aliphatic rings. The molecule has 0 saturated carbocycles. The van der Waals surface area contributed by atoms with Crippen molar-refractivity contribution in [2.24, 2.45) is 0 Å². The van der Waals surface area contributed by atoms with Gasteiger partial charge in [0.05, 0.1) is 15.8 Å². The molecule has 136 valence electrons. The van der Waals surface area contributed by atoms with Crippen LogP contribution in [0, 0.1) is 5.82 Å². The lowest BCUT2D eigenvalue weighted by molar-refractivity contribution is -0.112.